The van der Waals surface area contributed by atoms with Crippen LogP contribution in [0.25, 0.3) is 11.1 Å². The number of hydrogen-bond acceptors (Lipinski definition) is 4. The molecule has 1 saturated carbocycles. The average molecular weight is 475 g/mol. The van der Waals surface area contributed by atoms with Crippen molar-refractivity contribution in [2.24, 2.45) is 11.8 Å². The highest BCUT2D eigenvalue weighted by Crippen LogP contribution is 2.44. The lowest BCUT2D eigenvalue weighted by Crippen LogP contribution is -2.42. The summed E-state index contributed by atoms with van der Waals surface area (Å²) >= 11 is 0. The van der Waals surface area contributed by atoms with Gasteiger partial charge in [0.05, 0.1) is 5.92 Å². The molecule has 3 unspecified atom stereocenters. The number of likely N-dealkylation sites (tertiary alicyclic amines) is 1. The number of amides is 2. The van der Waals surface area contributed by atoms with Gasteiger partial charge < -0.3 is 20.1 Å². The molecule has 7 nitrogen and oxygen atoms in total. The molecule has 1 heterocycles. The Labute approximate surface area is 204 Å². The normalized spacial score (nSPS) is 23.0. The van der Waals surface area contributed by atoms with Gasteiger partial charge in [-0.1, -0.05) is 54.6 Å². The van der Waals surface area contributed by atoms with Gasteiger partial charge in [-0.3, -0.25) is 9.59 Å². The number of nitrogens with one attached hydrogen (secondary N) is 1. The summed E-state index contributed by atoms with van der Waals surface area (Å²) in [7, 11) is 0. The van der Waals surface area contributed by atoms with Crippen LogP contribution < -0.4 is 5.32 Å². The van der Waals surface area contributed by atoms with E-state index in [1.165, 1.54) is 17.2 Å². The van der Waals surface area contributed by atoms with Crippen LogP contribution in [-0.4, -0.2) is 53.7 Å². The van der Waals surface area contributed by atoms with Gasteiger partial charge in [0.2, 0.25) is 5.91 Å². The number of hydrogen-bond donors (Lipinski definition) is 2. The number of carbonyl (C=O) groups is 3. The van der Waals surface area contributed by atoms with Gasteiger partial charge in [0.1, 0.15) is 6.61 Å². The van der Waals surface area contributed by atoms with Gasteiger partial charge in [-0.15, -0.1) is 0 Å². The summed E-state index contributed by atoms with van der Waals surface area (Å²) in [6, 6.07) is 16.3. The van der Waals surface area contributed by atoms with Crippen molar-refractivity contribution in [3.8, 4) is 11.1 Å². The molecule has 1 aliphatic heterocycles. The first-order valence-electron chi connectivity index (χ1n) is 12.3. The van der Waals surface area contributed by atoms with E-state index < -0.39 is 12.1 Å². The first-order chi connectivity index (χ1) is 17.0. The number of ether oxygens (including phenoxy) is 1. The molecule has 2 N–H and O–H groups in total. The van der Waals surface area contributed by atoms with Crippen molar-refractivity contribution in [2.45, 2.75) is 37.6 Å². The van der Waals surface area contributed by atoms with Gasteiger partial charge in [0.25, 0.3) is 0 Å². The first kappa shape index (κ1) is 23.1. The topological polar surface area (TPSA) is 95.9 Å². The summed E-state index contributed by atoms with van der Waals surface area (Å²) in [6.45, 7) is 1.08. The van der Waals surface area contributed by atoms with E-state index in [2.05, 4.69) is 29.6 Å². The molecular weight excluding hydrogens is 444 g/mol. The molecule has 0 bridgehead atoms. The third-order valence-corrected chi connectivity index (χ3v) is 7.70. The van der Waals surface area contributed by atoms with Crippen LogP contribution in [0.2, 0.25) is 0 Å². The molecule has 0 radical (unpaired) electrons. The van der Waals surface area contributed by atoms with Crippen LogP contribution in [0, 0.1) is 11.8 Å². The highest BCUT2D eigenvalue weighted by molar-refractivity contribution is 5.88. The fourth-order valence-electron chi connectivity index (χ4n) is 5.94. The van der Waals surface area contributed by atoms with Crippen molar-refractivity contribution >= 4 is 18.0 Å². The number of carbonyl (C=O) groups excluding carboxylic acids is 2. The number of nitrogens with zero attached hydrogens (tertiary/aromatic N) is 1. The van der Waals surface area contributed by atoms with Crippen LogP contribution in [-0.2, 0) is 14.3 Å². The smallest absolute Gasteiger partial charge is 0.407 e. The summed E-state index contributed by atoms with van der Waals surface area (Å²) in [4.78, 5) is 38.2. The summed E-state index contributed by atoms with van der Waals surface area (Å²) in [6.07, 6.45) is 5.57. The van der Waals surface area contributed by atoms with Crippen LogP contribution in [0.4, 0.5) is 4.79 Å². The lowest BCUT2D eigenvalue weighted by atomic mass is 9.78. The molecule has 2 amide bonds. The molecule has 1 saturated heterocycles. The minimum atomic E-state index is -0.773. The lowest BCUT2D eigenvalue weighted by molar-refractivity contribution is -0.144. The Hall–Kier alpha value is -3.61. The summed E-state index contributed by atoms with van der Waals surface area (Å²) in [5.74, 6) is -0.882. The summed E-state index contributed by atoms with van der Waals surface area (Å²) in [5, 5.41) is 12.0. The minimum Gasteiger partial charge on any atom is -0.481 e. The third-order valence-electron chi connectivity index (χ3n) is 7.70. The van der Waals surface area contributed by atoms with E-state index >= 15 is 0 Å². The van der Waals surface area contributed by atoms with E-state index in [0.29, 0.717) is 25.3 Å². The molecule has 5 rings (SSSR count). The van der Waals surface area contributed by atoms with Gasteiger partial charge in [-0.25, -0.2) is 4.79 Å². The van der Waals surface area contributed by atoms with Gasteiger partial charge in [0, 0.05) is 31.1 Å². The maximum absolute atomic E-state index is 12.7. The molecule has 0 spiro atoms. The Morgan fingerprint density at radius 3 is 2.37 bits per heavy atom. The molecule has 2 aromatic rings. The van der Waals surface area contributed by atoms with Crippen LogP contribution in [0.5, 0.6) is 0 Å². The lowest BCUT2D eigenvalue weighted by Gasteiger charge is -2.34. The van der Waals surface area contributed by atoms with Crippen molar-refractivity contribution in [3.05, 3.63) is 71.8 Å². The zero-order valence-electron chi connectivity index (χ0n) is 19.6. The van der Waals surface area contributed by atoms with E-state index in [-0.39, 0.29) is 36.9 Å². The minimum absolute atomic E-state index is 0.00139. The number of carboxylic acid groups (broad SMARTS) is 1. The van der Waals surface area contributed by atoms with Crippen molar-refractivity contribution in [3.63, 3.8) is 0 Å². The molecule has 2 aromatic carbocycles. The van der Waals surface area contributed by atoms with E-state index in [4.69, 9.17) is 4.74 Å². The fourth-order valence-corrected chi connectivity index (χ4v) is 5.94. The highest BCUT2D eigenvalue weighted by atomic mass is 16.5. The van der Waals surface area contributed by atoms with Crippen molar-refractivity contribution in [1.82, 2.24) is 10.2 Å². The molecule has 35 heavy (non-hydrogen) atoms. The van der Waals surface area contributed by atoms with Gasteiger partial charge in [0.15, 0.2) is 0 Å². The quantitative estimate of drug-likeness (QED) is 0.613. The number of fused-ring (bicyclic) bond motifs is 4. The molecule has 0 aromatic heterocycles. The van der Waals surface area contributed by atoms with Crippen LogP contribution in [0.3, 0.4) is 0 Å². The Kier molecular flexibility index (Phi) is 6.57. The predicted molar refractivity (Wildman–Crippen MR) is 131 cm³/mol. The molecule has 3 atom stereocenters. The third kappa shape index (κ3) is 4.67. The second kappa shape index (κ2) is 9.94. The Morgan fingerprint density at radius 1 is 1.00 bits per heavy atom. The zero-order chi connectivity index (χ0) is 24.4. The predicted octanol–water partition coefficient (Wildman–Crippen LogP) is 4.18. The van der Waals surface area contributed by atoms with Crippen LogP contribution in [0.15, 0.2) is 60.7 Å². The van der Waals surface area contributed by atoms with Gasteiger partial charge in [-0.2, -0.15) is 0 Å². The molecule has 2 fully saturated rings. The summed E-state index contributed by atoms with van der Waals surface area (Å²) in [5.41, 5.74) is 4.67. The maximum Gasteiger partial charge on any atom is 0.407 e. The standard InChI is InChI=1S/C28H30N2O5/c31-26(30-15-13-18-11-12-19(27(32)33)16-25(18)30)10-5-14-29-28(34)35-17-24-22-8-3-1-6-20(22)21-7-2-4-9-23(21)24/h1-10,18-19,24-25H,11-17H2,(H,29,34)(H,32,33)/b10-5+. The van der Waals surface area contributed by atoms with Crippen molar-refractivity contribution < 1.29 is 24.2 Å². The molecule has 182 valence electrons. The molecule has 2 aliphatic carbocycles. The molecular formula is C28H30N2O5. The Bertz CT molecular complexity index is 1110. The SMILES string of the molecule is O=C(NC/C=C/C(=O)N1CCC2CCC(C(=O)O)CC21)OCC1c2ccccc2-c2ccccc21. The summed E-state index contributed by atoms with van der Waals surface area (Å²) < 4.78 is 5.52. The van der Waals surface area contributed by atoms with Crippen molar-refractivity contribution in [1.29, 1.82) is 0 Å². The number of aliphatic carboxylic acids is 1. The van der Waals surface area contributed by atoms with Crippen LogP contribution in [0.1, 0.15) is 42.7 Å². The Balaban J connectivity index is 1.11. The van der Waals surface area contributed by atoms with Crippen LogP contribution >= 0.6 is 0 Å². The number of carboxylic acids is 1. The van der Waals surface area contributed by atoms with E-state index in [1.807, 2.05) is 24.3 Å². The Morgan fingerprint density at radius 2 is 1.69 bits per heavy atom. The van der Waals surface area contributed by atoms with E-state index in [1.54, 1.807) is 11.0 Å². The van der Waals surface area contributed by atoms with E-state index in [9.17, 15) is 19.5 Å². The highest BCUT2D eigenvalue weighted by Gasteiger charge is 2.42. The van der Waals surface area contributed by atoms with E-state index in [0.717, 1.165) is 24.0 Å². The fraction of sp³-hybridized carbons (Fsp3) is 0.393. The molecule has 3 aliphatic rings. The van der Waals surface area contributed by atoms with Crippen molar-refractivity contribution in [2.75, 3.05) is 19.7 Å². The first-order valence-corrected chi connectivity index (χ1v) is 12.3. The van der Waals surface area contributed by atoms with Gasteiger partial charge in [-0.05, 0) is 53.9 Å². The average Bonchev–Trinajstić information content (AvgIpc) is 3.44. The number of alkyl carbamates (subject to hydrolysis) is 1. The molecule has 7 heteroatoms. The number of rotatable bonds is 6. The zero-order valence-corrected chi connectivity index (χ0v) is 19.6. The largest absolute Gasteiger partial charge is 0.481 e. The maximum atomic E-state index is 12.7. The monoisotopic (exact) mass is 474 g/mol. The van der Waals surface area contributed by atoms with Gasteiger partial charge >= 0.3 is 12.1 Å². The second-order valence-corrected chi connectivity index (χ2v) is 9.60. The second-order valence-electron chi connectivity index (χ2n) is 9.60. The number of benzene rings is 2.